The molecule has 0 atom stereocenters. The van der Waals surface area contributed by atoms with E-state index in [0.29, 0.717) is 16.3 Å². The Morgan fingerprint density at radius 1 is 1.00 bits per heavy atom. The van der Waals surface area contributed by atoms with Crippen molar-refractivity contribution in [1.82, 2.24) is 4.98 Å². The van der Waals surface area contributed by atoms with E-state index in [2.05, 4.69) is 10.3 Å². The summed E-state index contributed by atoms with van der Waals surface area (Å²) < 4.78 is 11.0. The third-order valence-corrected chi connectivity index (χ3v) is 5.29. The van der Waals surface area contributed by atoms with Crippen molar-refractivity contribution in [2.75, 3.05) is 11.9 Å². The number of benzene rings is 2. The zero-order valence-corrected chi connectivity index (χ0v) is 17.4. The Morgan fingerprint density at radius 3 is 2.53 bits per heavy atom. The number of carbonyl (C=O) groups is 3. The van der Waals surface area contributed by atoms with Crippen molar-refractivity contribution in [3.8, 4) is 22.8 Å². The minimum Gasteiger partial charge on any atom is -0.452 e. The van der Waals surface area contributed by atoms with Crippen LogP contribution in [0.4, 0.5) is 5.00 Å². The van der Waals surface area contributed by atoms with E-state index in [1.165, 1.54) is 6.07 Å². The zero-order chi connectivity index (χ0) is 22.5. The number of anilines is 1. The van der Waals surface area contributed by atoms with Gasteiger partial charge in [-0.3, -0.25) is 9.59 Å². The molecule has 0 unspecified atom stereocenters. The summed E-state index contributed by atoms with van der Waals surface area (Å²) in [6.45, 7) is -0.538. The standard InChI is InChI=1S/C23H17N3O5S/c24-20(28)17-10-11-32-22(17)26-19(27)13-30-23(29)16-9-5-4-8-15(16)21-25-12-18(31-21)14-6-2-1-3-7-14/h1-12H,13H2,(H2,24,28)(H,26,27). The van der Waals surface area contributed by atoms with Gasteiger partial charge in [-0.1, -0.05) is 42.5 Å². The number of nitrogens with two attached hydrogens (primary N) is 1. The molecule has 2 amide bonds. The molecule has 0 aliphatic heterocycles. The summed E-state index contributed by atoms with van der Waals surface area (Å²) in [5.41, 5.74) is 6.95. The fourth-order valence-electron chi connectivity index (χ4n) is 2.95. The average molecular weight is 447 g/mol. The lowest BCUT2D eigenvalue weighted by Crippen LogP contribution is -2.22. The Kier molecular flexibility index (Phi) is 6.09. The predicted octanol–water partition coefficient (Wildman–Crippen LogP) is 3.96. The molecule has 0 aliphatic rings. The van der Waals surface area contributed by atoms with Gasteiger partial charge in [0.25, 0.3) is 11.8 Å². The van der Waals surface area contributed by atoms with Gasteiger partial charge in [-0.25, -0.2) is 9.78 Å². The van der Waals surface area contributed by atoms with Gasteiger partial charge in [-0.05, 0) is 23.6 Å². The first kappa shape index (κ1) is 21.0. The summed E-state index contributed by atoms with van der Waals surface area (Å²) >= 11 is 1.14. The Morgan fingerprint density at radius 2 is 1.75 bits per heavy atom. The zero-order valence-electron chi connectivity index (χ0n) is 16.6. The lowest BCUT2D eigenvalue weighted by Gasteiger charge is -2.08. The molecule has 0 saturated heterocycles. The van der Waals surface area contributed by atoms with Crippen molar-refractivity contribution in [3.63, 3.8) is 0 Å². The van der Waals surface area contributed by atoms with Crippen LogP contribution in [0.25, 0.3) is 22.8 Å². The van der Waals surface area contributed by atoms with Crippen molar-refractivity contribution < 1.29 is 23.5 Å². The fourth-order valence-corrected chi connectivity index (χ4v) is 3.76. The molecule has 0 saturated carbocycles. The number of nitrogens with one attached hydrogen (secondary N) is 1. The van der Waals surface area contributed by atoms with Gasteiger partial charge in [0.1, 0.15) is 5.00 Å². The van der Waals surface area contributed by atoms with Crippen LogP contribution in [0.2, 0.25) is 0 Å². The van der Waals surface area contributed by atoms with Gasteiger partial charge >= 0.3 is 5.97 Å². The van der Waals surface area contributed by atoms with Gasteiger partial charge in [0.15, 0.2) is 12.4 Å². The first-order valence-corrected chi connectivity index (χ1v) is 10.4. The summed E-state index contributed by atoms with van der Waals surface area (Å²) in [6.07, 6.45) is 1.58. The molecular weight excluding hydrogens is 430 g/mol. The second-order valence-corrected chi connectivity index (χ2v) is 7.51. The largest absolute Gasteiger partial charge is 0.452 e. The SMILES string of the molecule is NC(=O)c1ccsc1NC(=O)COC(=O)c1ccccc1-c1ncc(-c2ccccc2)o1. The average Bonchev–Trinajstić information content (AvgIpc) is 3.48. The van der Waals surface area contributed by atoms with Crippen LogP contribution in [0.3, 0.4) is 0 Å². The maximum absolute atomic E-state index is 12.7. The van der Waals surface area contributed by atoms with Gasteiger partial charge in [-0.2, -0.15) is 0 Å². The summed E-state index contributed by atoms with van der Waals surface area (Å²) in [4.78, 5) is 40.5. The van der Waals surface area contributed by atoms with E-state index in [4.69, 9.17) is 14.9 Å². The predicted molar refractivity (Wildman–Crippen MR) is 119 cm³/mol. The van der Waals surface area contributed by atoms with E-state index in [1.807, 2.05) is 30.3 Å². The molecule has 0 aliphatic carbocycles. The molecule has 3 N–H and O–H groups in total. The molecule has 9 heteroatoms. The molecule has 0 spiro atoms. The molecule has 4 rings (SSSR count). The molecule has 0 bridgehead atoms. The van der Waals surface area contributed by atoms with Gasteiger partial charge in [0, 0.05) is 5.56 Å². The molecular formula is C23H17N3O5S. The molecule has 160 valence electrons. The second-order valence-electron chi connectivity index (χ2n) is 6.59. The number of hydrogen-bond acceptors (Lipinski definition) is 7. The van der Waals surface area contributed by atoms with Crippen molar-refractivity contribution in [2.45, 2.75) is 0 Å². The quantitative estimate of drug-likeness (QED) is 0.413. The monoisotopic (exact) mass is 447 g/mol. The number of thiophene rings is 1. The topological polar surface area (TPSA) is 125 Å². The molecule has 32 heavy (non-hydrogen) atoms. The van der Waals surface area contributed by atoms with Gasteiger partial charge < -0.3 is 20.2 Å². The number of rotatable bonds is 7. The number of amides is 2. The summed E-state index contributed by atoms with van der Waals surface area (Å²) in [5.74, 6) is -1.15. The van der Waals surface area contributed by atoms with Crippen LogP contribution in [0.5, 0.6) is 0 Å². The van der Waals surface area contributed by atoms with Gasteiger partial charge in [0.2, 0.25) is 5.89 Å². The molecule has 2 aromatic carbocycles. The highest BCUT2D eigenvalue weighted by molar-refractivity contribution is 7.14. The van der Waals surface area contributed by atoms with Crippen LogP contribution in [-0.2, 0) is 9.53 Å². The Hall–Kier alpha value is -4.24. The Balaban J connectivity index is 1.46. The van der Waals surface area contributed by atoms with E-state index in [9.17, 15) is 14.4 Å². The maximum atomic E-state index is 12.7. The van der Waals surface area contributed by atoms with Crippen LogP contribution < -0.4 is 11.1 Å². The van der Waals surface area contributed by atoms with Crippen LogP contribution in [0.1, 0.15) is 20.7 Å². The number of carbonyl (C=O) groups excluding carboxylic acids is 3. The lowest BCUT2D eigenvalue weighted by atomic mass is 10.1. The lowest BCUT2D eigenvalue weighted by molar-refractivity contribution is -0.119. The first-order valence-electron chi connectivity index (χ1n) is 9.48. The van der Waals surface area contributed by atoms with Crippen molar-refractivity contribution in [2.24, 2.45) is 5.73 Å². The second kappa shape index (κ2) is 9.27. The molecule has 4 aromatic rings. The van der Waals surface area contributed by atoms with Crippen molar-refractivity contribution >= 4 is 34.1 Å². The molecule has 2 aromatic heterocycles. The Bertz CT molecular complexity index is 1280. The number of hydrogen-bond donors (Lipinski definition) is 2. The summed E-state index contributed by atoms with van der Waals surface area (Å²) in [5, 5.41) is 4.44. The number of oxazole rings is 1. The minimum atomic E-state index is -0.712. The van der Waals surface area contributed by atoms with E-state index in [-0.39, 0.29) is 17.0 Å². The molecule has 2 heterocycles. The van der Waals surface area contributed by atoms with Crippen LogP contribution in [-0.4, -0.2) is 29.4 Å². The van der Waals surface area contributed by atoms with E-state index in [1.54, 1.807) is 35.8 Å². The number of aromatic nitrogens is 1. The smallest absolute Gasteiger partial charge is 0.339 e. The first-order chi connectivity index (χ1) is 15.5. The number of primary amides is 1. The molecule has 0 radical (unpaired) electrons. The van der Waals surface area contributed by atoms with E-state index in [0.717, 1.165) is 16.9 Å². The minimum absolute atomic E-state index is 0.193. The van der Waals surface area contributed by atoms with Gasteiger partial charge in [0.05, 0.1) is 22.9 Å². The summed E-state index contributed by atoms with van der Waals surface area (Å²) in [6, 6.07) is 17.6. The van der Waals surface area contributed by atoms with Crippen LogP contribution >= 0.6 is 11.3 Å². The van der Waals surface area contributed by atoms with E-state index < -0.39 is 24.4 Å². The number of esters is 1. The summed E-state index contributed by atoms with van der Waals surface area (Å²) in [7, 11) is 0. The van der Waals surface area contributed by atoms with E-state index >= 15 is 0 Å². The van der Waals surface area contributed by atoms with Crippen LogP contribution in [0.15, 0.2) is 76.7 Å². The highest BCUT2D eigenvalue weighted by Crippen LogP contribution is 2.28. The van der Waals surface area contributed by atoms with Crippen molar-refractivity contribution in [1.29, 1.82) is 0 Å². The highest BCUT2D eigenvalue weighted by Gasteiger charge is 2.20. The molecule has 0 fully saturated rings. The third kappa shape index (κ3) is 4.57. The van der Waals surface area contributed by atoms with Gasteiger partial charge in [-0.15, -0.1) is 11.3 Å². The fraction of sp³-hybridized carbons (Fsp3) is 0.0435. The van der Waals surface area contributed by atoms with Crippen LogP contribution in [0, 0.1) is 0 Å². The number of ether oxygens (including phenoxy) is 1. The number of nitrogens with zero attached hydrogens (tertiary/aromatic N) is 1. The highest BCUT2D eigenvalue weighted by atomic mass is 32.1. The Labute approximate surface area is 186 Å². The van der Waals surface area contributed by atoms with Crippen molar-refractivity contribution in [3.05, 3.63) is 83.4 Å². The molecule has 8 nitrogen and oxygen atoms in total. The third-order valence-electron chi connectivity index (χ3n) is 4.46. The maximum Gasteiger partial charge on any atom is 0.339 e. The normalized spacial score (nSPS) is 10.5.